The molecule has 3 aromatic rings. The van der Waals surface area contributed by atoms with Gasteiger partial charge in [0.25, 0.3) is 0 Å². The van der Waals surface area contributed by atoms with Crippen LogP contribution in [0.1, 0.15) is 24.4 Å². The van der Waals surface area contributed by atoms with E-state index < -0.39 is 5.63 Å². The fraction of sp³-hybridized carbons (Fsp3) is 0.250. The monoisotopic (exact) mass is 285 g/mol. The van der Waals surface area contributed by atoms with Crippen LogP contribution in [0.15, 0.2) is 37.9 Å². The Kier molecular flexibility index (Phi) is 3.25. The van der Waals surface area contributed by atoms with Crippen molar-refractivity contribution in [1.82, 2.24) is 0 Å². The summed E-state index contributed by atoms with van der Waals surface area (Å²) in [7, 11) is 0. The number of fused-ring (bicyclic) bond motifs is 3. The molecule has 0 aliphatic heterocycles. The summed E-state index contributed by atoms with van der Waals surface area (Å²) >= 11 is 0. The number of rotatable bonds is 4. The smallest absolute Gasteiger partial charge is 0.347 e. The normalized spacial score (nSPS) is 11.1. The molecule has 5 heteroatoms. The lowest BCUT2D eigenvalue weighted by Crippen LogP contribution is -2.21. The Bertz CT molecular complexity index is 871. The van der Waals surface area contributed by atoms with Gasteiger partial charge in [0.05, 0.1) is 5.39 Å². The average molecular weight is 285 g/mol. The first-order valence-electron chi connectivity index (χ1n) is 6.88. The lowest BCUT2D eigenvalue weighted by atomic mass is 10.1. The van der Waals surface area contributed by atoms with Gasteiger partial charge in [-0.25, -0.2) is 4.79 Å². The standard InChI is InChI=1S/C16H15NO4/c1-3-17(4-2)10-5-6-12-14(7-10)21-16(19)13-8-11(9-18)20-15(12)13/h5-9H,3-4H2,1-2H3. The number of nitrogens with zero attached hydrogens (tertiary/aromatic N) is 1. The molecule has 0 atom stereocenters. The van der Waals surface area contributed by atoms with E-state index in [-0.39, 0.29) is 5.76 Å². The Labute approximate surface area is 120 Å². The lowest BCUT2D eigenvalue weighted by molar-refractivity contribution is 0.110. The van der Waals surface area contributed by atoms with Crippen molar-refractivity contribution in [3.8, 4) is 0 Å². The predicted octanol–water partition coefficient (Wildman–Crippen LogP) is 3.20. The molecular weight excluding hydrogens is 270 g/mol. The highest BCUT2D eigenvalue weighted by Gasteiger charge is 2.14. The third-order valence-corrected chi connectivity index (χ3v) is 3.63. The molecule has 5 nitrogen and oxygen atoms in total. The number of carbonyl (C=O) groups excluding carboxylic acids is 1. The second kappa shape index (κ2) is 5.09. The van der Waals surface area contributed by atoms with Gasteiger partial charge in [-0.15, -0.1) is 0 Å². The fourth-order valence-electron chi connectivity index (χ4n) is 2.54. The van der Waals surface area contributed by atoms with Gasteiger partial charge < -0.3 is 13.7 Å². The minimum atomic E-state index is -0.494. The highest BCUT2D eigenvalue weighted by atomic mass is 16.4. The van der Waals surface area contributed by atoms with Crippen molar-refractivity contribution in [3.05, 3.63) is 40.4 Å². The van der Waals surface area contributed by atoms with Crippen molar-refractivity contribution < 1.29 is 13.6 Å². The maximum Gasteiger partial charge on any atom is 0.347 e. The maximum absolute atomic E-state index is 12.0. The molecule has 0 radical (unpaired) electrons. The zero-order valence-electron chi connectivity index (χ0n) is 11.9. The molecule has 2 heterocycles. The molecule has 0 spiro atoms. The van der Waals surface area contributed by atoms with Crippen LogP contribution in [0.4, 0.5) is 5.69 Å². The molecule has 0 unspecified atom stereocenters. The summed E-state index contributed by atoms with van der Waals surface area (Å²) in [4.78, 5) is 25.0. The molecule has 21 heavy (non-hydrogen) atoms. The van der Waals surface area contributed by atoms with E-state index in [9.17, 15) is 9.59 Å². The predicted molar refractivity (Wildman–Crippen MR) is 81.2 cm³/mol. The van der Waals surface area contributed by atoms with Crippen LogP contribution < -0.4 is 10.5 Å². The first-order chi connectivity index (χ1) is 10.2. The summed E-state index contributed by atoms with van der Waals surface area (Å²) < 4.78 is 10.8. The van der Waals surface area contributed by atoms with E-state index in [4.69, 9.17) is 8.83 Å². The van der Waals surface area contributed by atoms with E-state index >= 15 is 0 Å². The van der Waals surface area contributed by atoms with E-state index in [1.807, 2.05) is 18.2 Å². The van der Waals surface area contributed by atoms with Gasteiger partial charge in [0.2, 0.25) is 0 Å². The third kappa shape index (κ3) is 2.11. The molecular formula is C16H15NO4. The van der Waals surface area contributed by atoms with E-state index in [2.05, 4.69) is 18.7 Å². The lowest BCUT2D eigenvalue weighted by Gasteiger charge is -2.20. The fourth-order valence-corrected chi connectivity index (χ4v) is 2.54. The number of hydrogen-bond donors (Lipinski definition) is 0. The minimum Gasteiger partial charge on any atom is -0.452 e. The summed E-state index contributed by atoms with van der Waals surface area (Å²) in [6.45, 7) is 5.86. The zero-order chi connectivity index (χ0) is 15.0. The largest absolute Gasteiger partial charge is 0.452 e. The molecule has 0 aliphatic carbocycles. The van der Waals surface area contributed by atoms with Crippen molar-refractivity contribution in [1.29, 1.82) is 0 Å². The Hall–Kier alpha value is -2.56. The molecule has 1 aromatic carbocycles. The van der Waals surface area contributed by atoms with Gasteiger partial charge in [-0.2, -0.15) is 0 Å². The summed E-state index contributed by atoms with van der Waals surface area (Å²) in [6.07, 6.45) is 0.579. The molecule has 108 valence electrons. The van der Waals surface area contributed by atoms with Crippen molar-refractivity contribution >= 4 is 33.9 Å². The summed E-state index contributed by atoms with van der Waals surface area (Å²) in [5.41, 5.74) is 1.35. The van der Waals surface area contributed by atoms with Gasteiger partial charge in [0, 0.05) is 30.9 Å². The zero-order valence-corrected chi connectivity index (χ0v) is 11.9. The summed E-state index contributed by atoms with van der Waals surface area (Å²) in [5, 5.41) is 0.980. The molecule has 0 saturated heterocycles. The minimum absolute atomic E-state index is 0.123. The molecule has 0 N–H and O–H groups in total. The number of furan rings is 1. The van der Waals surface area contributed by atoms with Crippen LogP contribution in [0.25, 0.3) is 21.9 Å². The molecule has 0 bridgehead atoms. The molecule has 0 amide bonds. The molecule has 0 saturated carbocycles. The van der Waals surface area contributed by atoms with Gasteiger partial charge in [-0.3, -0.25) is 4.79 Å². The van der Waals surface area contributed by atoms with Crippen molar-refractivity contribution in [2.75, 3.05) is 18.0 Å². The number of carbonyl (C=O) groups is 1. The van der Waals surface area contributed by atoms with E-state index in [0.717, 1.165) is 18.8 Å². The van der Waals surface area contributed by atoms with Gasteiger partial charge in [-0.05, 0) is 26.0 Å². The highest BCUT2D eigenvalue weighted by molar-refractivity contribution is 6.03. The number of aldehydes is 1. The van der Waals surface area contributed by atoms with Gasteiger partial charge in [-0.1, -0.05) is 0 Å². The Morgan fingerprint density at radius 1 is 1.10 bits per heavy atom. The van der Waals surface area contributed by atoms with Gasteiger partial charge in [0.15, 0.2) is 17.6 Å². The van der Waals surface area contributed by atoms with Crippen molar-refractivity contribution in [2.45, 2.75) is 13.8 Å². The second-order valence-corrected chi connectivity index (χ2v) is 4.75. The van der Waals surface area contributed by atoms with Gasteiger partial charge >= 0.3 is 5.63 Å². The molecule has 0 aliphatic rings. The summed E-state index contributed by atoms with van der Waals surface area (Å²) in [6, 6.07) is 7.04. The van der Waals surface area contributed by atoms with Crippen LogP contribution in [0, 0.1) is 0 Å². The highest BCUT2D eigenvalue weighted by Crippen LogP contribution is 2.28. The van der Waals surface area contributed by atoms with Crippen LogP contribution in [-0.2, 0) is 0 Å². The number of hydrogen-bond acceptors (Lipinski definition) is 5. The van der Waals surface area contributed by atoms with Crippen molar-refractivity contribution in [3.63, 3.8) is 0 Å². The first kappa shape index (κ1) is 13.4. The van der Waals surface area contributed by atoms with E-state index in [1.165, 1.54) is 6.07 Å². The third-order valence-electron chi connectivity index (χ3n) is 3.63. The number of anilines is 1. The Morgan fingerprint density at radius 2 is 1.86 bits per heavy atom. The SMILES string of the molecule is CCN(CC)c1ccc2c(c1)oc(=O)c1cc(C=O)oc12. The Morgan fingerprint density at radius 3 is 2.52 bits per heavy atom. The quantitative estimate of drug-likeness (QED) is 0.544. The molecule has 2 aromatic heterocycles. The Balaban J connectivity index is 2.30. The number of benzene rings is 1. The van der Waals surface area contributed by atoms with Crippen LogP contribution in [0.2, 0.25) is 0 Å². The second-order valence-electron chi connectivity index (χ2n) is 4.75. The topological polar surface area (TPSA) is 63.7 Å². The van der Waals surface area contributed by atoms with E-state index in [0.29, 0.717) is 28.2 Å². The van der Waals surface area contributed by atoms with Crippen LogP contribution in [-0.4, -0.2) is 19.4 Å². The van der Waals surface area contributed by atoms with Crippen LogP contribution >= 0.6 is 0 Å². The van der Waals surface area contributed by atoms with E-state index in [1.54, 1.807) is 0 Å². The molecule has 0 fully saturated rings. The first-order valence-corrected chi connectivity index (χ1v) is 6.88. The van der Waals surface area contributed by atoms with Gasteiger partial charge in [0.1, 0.15) is 11.0 Å². The molecule has 3 rings (SSSR count). The van der Waals surface area contributed by atoms with Crippen molar-refractivity contribution in [2.24, 2.45) is 0 Å². The maximum atomic E-state index is 12.0. The van der Waals surface area contributed by atoms with Crippen LogP contribution in [0.5, 0.6) is 0 Å². The summed E-state index contributed by atoms with van der Waals surface area (Å²) in [5.74, 6) is 0.123. The average Bonchev–Trinajstić information content (AvgIpc) is 2.93. The van der Waals surface area contributed by atoms with Crippen LogP contribution in [0.3, 0.4) is 0 Å².